The highest BCUT2D eigenvalue weighted by atomic mass is 35.5. The first-order valence-electron chi connectivity index (χ1n) is 7.41. The molecule has 0 aliphatic carbocycles. The highest BCUT2D eigenvalue weighted by molar-refractivity contribution is 6.39. The van der Waals surface area contributed by atoms with Crippen LogP contribution >= 0.6 is 11.6 Å². The van der Waals surface area contributed by atoms with E-state index in [1.807, 2.05) is 6.92 Å². The highest BCUT2D eigenvalue weighted by Crippen LogP contribution is 2.20. The fourth-order valence-corrected chi connectivity index (χ4v) is 2.88. The van der Waals surface area contributed by atoms with Crippen molar-refractivity contribution in [3.8, 4) is 0 Å². The number of anilines is 1. The first kappa shape index (κ1) is 16.8. The quantitative estimate of drug-likeness (QED) is 0.848. The molecule has 1 aromatic rings. The molecule has 6 heteroatoms. The van der Waals surface area contributed by atoms with E-state index in [4.69, 9.17) is 11.6 Å². The Morgan fingerprint density at radius 2 is 1.95 bits per heavy atom. The van der Waals surface area contributed by atoms with Gasteiger partial charge in [-0.3, -0.25) is 9.59 Å². The molecule has 1 aromatic carbocycles. The van der Waals surface area contributed by atoms with Gasteiger partial charge < -0.3 is 15.1 Å². The predicted octanol–water partition coefficient (Wildman–Crippen LogP) is 2.14. The molecule has 0 unspecified atom stereocenters. The Bertz CT molecular complexity index is 569. The third kappa shape index (κ3) is 3.99. The molecule has 1 aliphatic rings. The number of halogens is 1. The van der Waals surface area contributed by atoms with Gasteiger partial charge in [0.15, 0.2) is 0 Å². The van der Waals surface area contributed by atoms with Crippen LogP contribution in [0.5, 0.6) is 0 Å². The normalized spacial score (nSPS) is 16.4. The minimum atomic E-state index is -0.605. The molecule has 0 aromatic heterocycles. The fraction of sp³-hybridized carbons (Fsp3) is 0.500. The molecule has 1 aliphatic heterocycles. The van der Waals surface area contributed by atoms with Gasteiger partial charge in [0.25, 0.3) is 0 Å². The molecule has 1 fully saturated rings. The van der Waals surface area contributed by atoms with E-state index in [9.17, 15) is 9.59 Å². The monoisotopic (exact) mass is 323 g/mol. The van der Waals surface area contributed by atoms with Gasteiger partial charge >= 0.3 is 11.8 Å². The molecule has 1 saturated heterocycles. The molecule has 0 atom stereocenters. The van der Waals surface area contributed by atoms with E-state index in [0.29, 0.717) is 10.7 Å². The maximum atomic E-state index is 12.3. The average molecular weight is 324 g/mol. The van der Waals surface area contributed by atoms with Gasteiger partial charge in [-0.25, -0.2) is 0 Å². The van der Waals surface area contributed by atoms with Crippen molar-refractivity contribution < 1.29 is 9.59 Å². The third-order valence-electron chi connectivity index (χ3n) is 4.19. The van der Waals surface area contributed by atoms with Gasteiger partial charge in [-0.1, -0.05) is 11.6 Å². The number of hydrogen-bond donors (Lipinski definition) is 1. The van der Waals surface area contributed by atoms with E-state index in [1.54, 1.807) is 30.1 Å². The molecule has 0 saturated carbocycles. The van der Waals surface area contributed by atoms with E-state index in [0.717, 1.165) is 31.5 Å². The van der Waals surface area contributed by atoms with Crippen LogP contribution < -0.4 is 5.32 Å². The summed E-state index contributed by atoms with van der Waals surface area (Å²) in [6.45, 7) is 3.73. The number of carbonyl (C=O) groups excluding carboxylic acids is 2. The van der Waals surface area contributed by atoms with Crippen molar-refractivity contribution in [2.45, 2.75) is 25.8 Å². The van der Waals surface area contributed by atoms with E-state index >= 15 is 0 Å². The standard InChI is InChI=1S/C16H22ClN3O2/c1-11-10-12(17)4-5-14(11)18-15(21)16(22)20(3)13-6-8-19(2)9-7-13/h4-5,10,13H,6-9H2,1-3H3,(H,18,21). The molecule has 1 heterocycles. The van der Waals surface area contributed by atoms with Gasteiger partial charge in [-0.15, -0.1) is 0 Å². The van der Waals surface area contributed by atoms with Crippen LogP contribution in [0.3, 0.4) is 0 Å². The second-order valence-corrected chi connectivity index (χ2v) is 6.30. The summed E-state index contributed by atoms with van der Waals surface area (Å²) in [5, 5.41) is 3.27. The molecular weight excluding hydrogens is 302 g/mol. The lowest BCUT2D eigenvalue weighted by atomic mass is 10.0. The summed E-state index contributed by atoms with van der Waals surface area (Å²) in [6.07, 6.45) is 1.79. The van der Waals surface area contributed by atoms with Crippen molar-refractivity contribution in [1.82, 2.24) is 9.80 Å². The molecule has 2 amide bonds. The number of nitrogens with zero attached hydrogens (tertiary/aromatic N) is 2. The summed E-state index contributed by atoms with van der Waals surface area (Å²) in [4.78, 5) is 28.2. The van der Waals surface area contributed by atoms with Crippen LogP contribution in [0.2, 0.25) is 5.02 Å². The van der Waals surface area contributed by atoms with Crippen LogP contribution in [-0.4, -0.2) is 54.8 Å². The van der Waals surface area contributed by atoms with Crippen LogP contribution in [0.4, 0.5) is 5.69 Å². The Morgan fingerprint density at radius 3 is 2.55 bits per heavy atom. The molecule has 22 heavy (non-hydrogen) atoms. The number of carbonyl (C=O) groups is 2. The van der Waals surface area contributed by atoms with Crippen molar-refractivity contribution in [2.24, 2.45) is 0 Å². The second-order valence-electron chi connectivity index (χ2n) is 5.86. The predicted molar refractivity (Wildman–Crippen MR) is 88.1 cm³/mol. The van der Waals surface area contributed by atoms with Crippen molar-refractivity contribution in [3.63, 3.8) is 0 Å². The van der Waals surface area contributed by atoms with Crippen LogP contribution in [0.1, 0.15) is 18.4 Å². The first-order chi connectivity index (χ1) is 10.4. The summed E-state index contributed by atoms with van der Waals surface area (Å²) < 4.78 is 0. The summed E-state index contributed by atoms with van der Waals surface area (Å²) >= 11 is 5.89. The first-order valence-corrected chi connectivity index (χ1v) is 7.79. The van der Waals surface area contributed by atoms with Crippen molar-refractivity contribution >= 4 is 29.1 Å². The zero-order valence-corrected chi connectivity index (χ0v) is 14.0. The van der Waals surface area contributed by atoms with E-state index in [1.165, 1.54) is 0 Å². The minimum absolute atomic E-state index is 0.126. The molecule has 5 nitrogen and oxygen atoms in total. The number of rotatable bonds is 2. The van der Waals surface area contributed by atoms with Crippen LogP contribution in [0.25, 0.3) is 0 Å². The van der Waals surface area contributed by atoms with Gasteiger partial charge in [0.2, 0.25) is 0 Å². The summed E-state index contributed by atoms with van der Waals surface area (Å²) in [6, 6.07) is 5.27. The number of amides is 2. The van der Waals surface area contributed by atoms with E-state index < -0.39 is 11.8 Å². The number of aryl methyl sites for hydroxylation is 1. The van der Waals surface area contributed by atoms with Gasteiger partial charge in [0.05, 0.1) is 0 Å². The Hall–Kier alpha value is -1.59. The summed E-state index contributed by atoms with van der Waals surface area (Å²) in [5.41, 5.74) is 1.44. The van der Waals surface area contributed by atoms with E-state index in [-0.39, 0.29) is 6.04 Å². The van der Waals surface area contributed by atoms with E-state index in [2.05, 4.69) is 17.3 Å². The van der Waals surface area contributed by atoms with Gasteiger partial charge in [-0.05, 0) is 63.7 Å². The van der Waals surface area contributed by atoms with Gasteiger partial charge in [-0.2, -0.15) is 0 Å². The Balaban J connectivity index is 1.98. The lowest BCUT2D eigenvalue weighted by molar-refractivity contribution is -0.144. The maximum absolute atomic E-state index is 12.3. The molecule has 0 spiro atoms. The summed E-state index contributed by atoms with van der Waals surface area (Å²) in [5.74, 6) is -1.10. The maximum Gasteiger partial charge on any atom is 0.313 e. The lowest BCUT2D eigenvalue weighted by Gasteiger charge is -2.34. The fourth-order valence-electron chi connectivity index (χ4n) is 2.65. The largest absolute Gasteiger partial charge is 0.334 e. The average Bonchev–Trinajstić information content (AvgIpc) is 2.49. The number of nitrogens with one attached hydrogen (secondary N) is 1. The smallest absolute Gasteiger partial charge is 0.313 e. The van der Waals surface area contributed by atoms with Gasteiger partial charge in [0.1, 0.15) is 0 Å². The number of piperidine rings is 1. The minimum Gasteiger partial charge on any atom is -0.334 e. The SMILES string of the molecule is Cc1cc(Cl)ccc1NC(=O)C(=O)N(C)C1CCN(C)CC1. The highest BCUT2D eigenvalue weighted by Gasteiger charge is 2.28. The molecule has 0 radical (unpaired) electrons. The van der Waals surface area contributed by atoms with Crippen LogP contribution in [0, 0.1) is 6.92 Å². The van der Waals surface area contributed by atoms with Crippen LogP contribution in [-0.2, 0) is 9.59 Å². The zero-order chi connectivity index (χ0) is 16.3. The van der Waals surface area contributed by atoms with Crippen molar-refractivity contribution in [2.75, 3.05) is 32.5 Å². The third-order valence-corrected chi connectivity index (χ3v) is 4.42. The number of likely N-dealkylation sites (tertiary alicyclic amines) is 1. The molecule has 120 valence electrons. The molecule has 2 rings (SSSR count). The number of likely N-dealkylation sites (N-methyl/N-ethyl adjacent to an activating group) is 1. The Labute approximate surface area is 136 Å². The van der Waals surface area contributed by atoms with Crippen molar-refractivity contribution in [3.05, 3.63) is 28.8 Å². The second kappa shape index (κ2) is 7.11. The van der Waals surface area contributed by atoms with Crippen LogP contribution in [0.15, 0.2) is 18.2 Å². The Kier molecular flexibility index (Phi) is 5.42. The molecule has 0 bridgehead atoms. The van der Waals surface area contributed by atoms with Crippen molar-refractivity contribution in [1.29, 1.82) is 0 Å². The summed E-state index contributed by atoms with van der Waals surface area (Å²) in [7, 11) is 3.76. The number of benzene rings is 1. The number of hydrogen-bond acceptors (Lipinski definition) is 3. The molecular formula is C16H22ClN3O2. The topological polar surface area (TPSA) is 52.7 Å². The lowest BCUT2D eigenvalue weighted by Crippen LogP contribution is -2.47. The Morgan fingerprint density at radius 1 is 1.32 bits per heavy atom. The molecule has 1 N–H and O–H groups in total. The van der Waals surface area contributed by atoms with Gasteiger partial charge in [0, 0.05) is 23.8 Å². The zero-order valence-electron chi connectivity index (χ0n) is 13.2.